The van der Waals surface area contributed by atoms with Crippen molar-refractivity contribution in [2.45, 2.75) is 18.9 Å². The van der Waals surface area contributed by atoms with Crippen LogP contribution in [0.15, 0.2) is 24.3 Å². The maximum Gasteiger partial charge on any atom is 0.123 e. The molecule has 1 heterocycles. The molecule has 3 heteroatoms. The number of hydrogen-bond donors (Lipinski definition) is 0. The fourth-order valence-electron chi connectivity index (χ4n) is 2.36. The lowest BCUT2D eigenvalue weighted by atomic mass is 10.0. The maximum absolute atomic E-state index is 12.8. The van der Waals surface area contributed by atoms with E-state index in [1.165, 1.54) is 12.0 Å². The van der Waals surface area contributed by atoms with E-state index in [4.69, 9.17) is 4.74 Å². The van der Waals surface area contributed by atoms with Crippen LogP contribution in [0.1, 0.15) is 24.4 Å². The van der Waals surface area contributed by atoms with Crippen molar-refractivity contribution >= 4 is 0 Å². The number of ether oxygens (including phenoxy) is 1. The fourth-order valence-corrected chi connectivity index (χ4v) is 2.36. The van der Waals surface area contributed by atoms with Crippen molar-refractivity contribution in [3.05, 3.63) is 35.6 Å². The SMILES string of the molecule is COCCN1CCC[C@H]1c1ccc(F)cc1. The molecule has 0 bridgehead atoms. The van der Waals surface area contributed by atoms with E-state index in [1.54, 1.807) is 19.2 Å². The van der Waals surface area contributed by atoms with Gasteiger partial charge in [0.25, 0.3) is 0 Å². The third kappa shape index (κ3) is 2.60. The second-order valence-electron chi connectivity index (χ2n) is 4.24. The van der Waals surface area contributed by atoms with Crippen molar-refractivity contribution in [3.8, 4) is 0 Å². The zero-order valence-corrected chi connectivity index (χ0v) is 9.66. The quantitative estimate of drug-likeness (QED) is 0.778. The van der Waals surface area contributed by atoms with Gasteiger partial charge in [0.15, 0.2) is 0 Å². The second kappa shape index (κ2) is 5.41. The Balaban J connectivity index is 2.04. The van der Waals surface area contributed by atoms with Gasteiger partial charge in [-0.2, -0.15) is 0 Å². The molecule has 88 valence electrons. The summed E-state index contributed by atoms with van der Waals surface area (Å²) in [5.41, 5.74) is 1.22. The molecule has 0 N–H and O–H groups in total. The van der Waals surface area contributed by atoms with Gasteiger partial charge in [-0.05, 0) is 37.1 Å². The molecule has 0 saturated carbocycles. The molecule has 0 unspecified atom stereocenters. The van der Waals surface area contributed by atoms with Crippen molar-refractivity contribution in [2.75, 3.05) is 26.8 Å². The lowest BCUT2D eigenvalue weighted by Crippen LogP contribution is -2.26. The van der Waals surface area contributed by atoms with Crippen LogP contribution in [0.25, 0.3) is 0 Å². The summed E-state index contributed by atoms with van der Waals surface area (Å²) in [6, 6.07) is 7.32. The summed E-state index contributed by atoms with van der Waals surface area (Å²) in [6.07, 6.45) is 2.38. The van der Waals surface area contributed by atoms with E-state index >= 15 is 0 Å². The van der Waals surface area contributed by atoms with Gasteiger partial charge in [-0.1, -0.05) is 12.1 Å². The third-order valence-corrected chi connectivity index (χ3v) is 3.20. The summed E-state index contributed by atoms with van der Waals surface area (Å²) in [6.45, 7) is 2.83. The Morgan fingerprint density at radius 2 is 2.12 bits per heavy atom. The van der Waals surface area contributed by atoms with E-state index in [-0.39, 0.29) is 5.82 Å². The molecule has 1 saturated heterocycles. The molecule has 0 aliphatic carbocycles. The molecular formula is C13H18FNO. The molecule has 1 aromatic carbocycles. The Morgan fingerprint density at radius 3 is 2.81 bits per heavy atom. The van der Waals surface area contributed by atoms with Crippen LogP contribution < -0.4 is 0 Å². The van der Waals surface area contributed by atoms with Crippen LogP contribution in [0.2, 0.25) is 0 Å². The fraction of sp³-hybridized carbons (Fsp3) is 0.538. The summed E-state index contributed by atoms with van der Waals surface area (Å²) < 4.78 is 17.9. The number of nitrogens with zero attached hydrogens (tertiary/aromatic N) is 1. The maximum atomic E-state index is 12.8. The lowest BCUT2D eigenvalue weighted by molar-refractivity contribution is 0.141. The van der Waals surface area contributed by atoms with Crippen molar-refractivity contribution in [1.82, 2.24) is 4.90 Å². The van der Waals surface area contributed by atoms with E-state index in [1.807, 2.05) is 12.1 Å². The Hall–Kier alpha value is -0.930. The van der Waals surface area contributed by atoms with Crippen molar-refractivity contribution in [2.24, 2.45) is 0 Å². The molecule has 1 fully saturated rings. The van der Waals surface area contributed by atoms with Gasteiger partial charge in [0.05, 0.1) is 6.61 Å². The number of hydrogen-bond acceptors (Lipinski definition) is 2. The predicted molar refractivity (Wildman–Crippen MR) is 61.8 cm³/mol. The lowest BCUT2D eigenvalue weighted by Gasteiger charge is -2.24. The van der Waals surface area contributed by atoms with E-state index in [0.29, 0.717) is 6.04 Å². The van der Waals surface area contributed by atoms with Crippen LogP contribution >= 0.6 is 0 Å². The van der Waals surface area contributed by atoms with Gasteiger partial charge in [-0.15, -0.1) is 0 Å². The second-order valence-corrected chi connectivity index (χ2v) is 4.24. The summed E-state index contributed by atoms with van der Waals surface area (Å²) in [7, 11) is 1.73. The Labute approximate surface area is 96.0 Å². The zero-order chi connectivity index (χ0) is 11.4. The standard InChI is InChI=1S/C13H18FNO/c1-16-10-9-15-8-2-3-13(15)11-4-6-12(14)7-5-11/h4-7,13H,2-3,8-10H2,1H3/t13-/m0/s1. The minimum absolute atomic E-state index is 0.162. The molecule has 0 radical (unpaired) electrons. The van der Waals surface area contributed by atoms with Crippen LogP contribution in [0.5, 0.6) is 0 Å². The predicted octanol–water partition coefficient (Wildman–Crippen LogP) is 2.61. The first-order chi connectivity index (χ1) is 7.81. The molecule has 1 aliphatic rings. The smallest absolute Gasteiger partial charge is 0.123 e. The minimum atomic E-state index is -0.162. The highest BCUT2D eigenvalue weighted by atomic mass is 19.1. The Bertz CT molecular complexity index is 325. The van der Waals surface area contributed by atoms with Crippen molar-refractivity contribution < 1.29 is 9.13 Å². The largest absolute Gasteiger partial charge is 0.383 e. The van der Waals surface area contributed by atoms with Gasteiger partial charge < -0.3 is 4.74 Å². The number of likely N-dealkylation sites (tertiary alicyclic amines) is 1. The number of halogens is 1. The summed E-state index contributed by atoms with van der Waals surface area (Å²) in [4.78, 5) is 2.41. The van der Waals surface area contributed by atoms with E-state index < -0.39 is 0 Å². The van der Waals surface area contributed by atoms with Gasteiger partial charge in [-0.3, -0.25) is 4.90 Å². The molecule has 0 amide bonds. The first kappa shape index (κ1) is 11.6. The van der Waals surface area contributed by atoms with Gasteiger partial charge in [0.1, 0.15) is 5.82 Å². The summed E-state index contributed by atoms with van der Waals surface area (Å²) in [5, 5.41) is 0. The van der Waals surface area contributed by atoms with Crippen LogP contribution in [0.3, 0.4) is 0 Å². The normalized spacial score (nSPS) is 21.5. The summed E-state index contributed by atoms with van der Waals surface area (Å²) in [5.74, 6) is -0.162. The summed E-state index contributed by atoms with van der Waals surface area (Å²) >= 11 is 0. The molecule has 0 spiro atoms. The Morgan fingerprint density at radius 1 is 1.38 bits per heavy atom. The molecule has 1 aromatic rings. The first-order valence-corrected chi connectivity index (χ1v) is 5.79. The van der Waals surface area contributed by atoms with Crippen LogP contribution in [0, 0.1) is 5.82 Å². The topological polar surface area (TPSA) is 12.5 Å². The highest BCUT2D eigenvalue weighted by Crippen LogP contribution is 2.31. The highest BCUT2D eigenvalue weighted by Gasteiger charge is 2.25. The van der Waals surface area contributed by atoms with E-state index in [2.05, 4.69) is 4.90 Å². The molecule has 1 atom stereocenters. The van der Waals surface area contributed by atoms with Crippen molar-refractivity contribution in [1.29, 1.82) is 0 Å². The average Bonchev–Trinajstić information content (AvgIpc) is 2.75. The minimum Gasteiger partial charge on any atom is -0.383 e. The third-order valence-electron chi connectivity index (χ3n) is 3.20. The molecule has 16 heavy (non-hydrogen) atoms. The number of methoxy groups -OCH3 is 1. The molecule has 1 aliphatic heterocycles. The van der Waals surface area contributed by atoms with Crippen LogP contribution in [-0.2, 0) is 4.74 Å². The molecule has 2 rings (SSSR count). The monoisotopic (exact) mass is 223 g/mol. The molecular weight excluding hydrogens is 205 g/mol. The van der Waals surface area contributed by atoms with Crippen LogP contribution in [-0.4, -0.2) is 31.7 Å². The van der Waals surface area contributed by atoms with Gasteiger partial charge in [0, 0.05) is 19.7 Å². The number of benzene rings is 1. The Kier molecular flexibility index (Phi) is 3.91. The van der Waals surface area contributed by atoms with Crippen LogP contribution in [0.4, 0.5) is 4.39 Å². The van der Waals surface area contributed by atoms with E-state index in [0.717, 1.165) is 26.1 Å². The molecule has 2 nitrogen and oxygen atoms in total. The number of rotatable bonds is 4. The van der Waals surface area contributed by atoms with Gasteiger partial charge in [0.2, 0.25) is 0 Å². The highest BCUT2D eigenvalue weighted by molar-refractivity contribution is 5.20. The zero-order valence-electron chi connectivity index (χ0n) is 9.66. The van der Waals surface area contributed by atoms with Crippen molar-refractivity contribution in [3.63, 3.8) is 0 Å². The van der Waals surface area contributed by atoms with Gasteiger partial charge in [-0.25, -0.2) is 4.39 Å². The van der Waals surface area contributed by atoms with E-state index in [9.17, 15) is 4.39 Å². The van der Waals surface area contributed by atoms with Gasteiger partial charge >= 0.3 is 0 Å². The average molecular weight is 223 g/mol. The molecule has 0 aromatic heterocycles. The first-order valence-electron chi connectivity index (χ1n) is 5.79.